The van der Waals surface area contributed by atoms with Crippen molar-refractivity contribution in [3.05, 3.63) is 35.9 Å². The molecule has 76 valence electrons. The fourth-order valence-corrected chi connectivity index (χ4v) is 2.00. The Morgan fingerprint density at radius 3 is 2.86 bits per heavy atom. The second-order valence-electron chi connectivity index (χ2n) is 4.03. The number of hydrogen-bond acceptors (Lipinski definition) is 2. The second kappa shape index (κ2) is 4.58. The number of benzene rings is 1. The van der Waals surface area contributed by atoms with Crippen LogP contribution in [0.1, 0.15) is 18.0 Å². The third kappa shape index (κ3) is 2.34. The van der Waals surface area contributed by atoms with Crippen LogP contribution in [-0.4, -0.2) is 31.6 Å². The predicted molar refractivity (Wildman–Crippen MR) is 59.3 cm³/mol. The summed E-state index contributed by atoms with van der Waals surface area (Å²) in [5.41, 5.74) is 1.40. The fourth-order valence-electron chi connectivity index (χ4n) is 2.00. The summed E-state index contributed by atoms with van der Waals surface area (Å²) in [7, 11) is 2.20. The Balaban J connectivity index is 2.09. The molecule has 1 atom stereocenters. The van der Waals surface area contributed by atoms with E-state index < -0.39 is 0 Å². The largest absolute Gasteiger partial charge is 0.309 e. The van der Waals surface area contributed by atoms with E-state index in [1.807, 2.05) is 0 Å². The van der Waals surface area contributed by atoms with Gasteiger partial charge in [-0.05, 0) is 32.1 Å². The number of likely N-dealkylation sites (N-methyl/N-ethyl adjacent to an activating group) is 1. The molecule has 1 aromatic rings. The van der Waals surface area contributed by atoms with Gasteiger partial charge in [0.15, 0.2) is 0 Å². The monoisotopic (exact) mass is 190 g/mol. The summed E-state index contributed by atoms with van der Waals surface area (Å²) in [6, 6.07) is 11.2. The topological polar surface area (TPSA) is 15.3 Å². The maximum atomic E-state index is 3.59. The van der Waals surface area contributed by atoms with Gasteiger partial charge in [-0.15, -0.1) is 0 Å². The first kappa shape index (κ1) is 9.69. The van der Waals surface area contributed by atoms with Gasteiger partial charge in [-0.2, -0.15) is 0 Å². The molecule has 2 rings (SSSR count). The molecule has 1 aromatic carbocycles. The van der Waals surface area contributed by atoms with Crippen LogP contribution in [0.5, 0.6) is 0 Å². The van der Waals surface area contributed by atoms with Crippen molar-refractivity contribution in [2.45, 2.75) is 12.5 Å². The van der Waals surface area contributed by atoms with Gasteiger partial charge >= 0.3 is 0 Å². The third-order valence-corrected chi connectivity index (χ3v) is 2.80. The van der Waals surface area contributed by atoms with Gasteiger partial charge in [0, 0.05) is 12.6 Å². The Hall–Kier alpha value is -0.860. The van der Waals surface area contributed by atoms with E-state index in [2.05, 4.69) is 47.6 Å². The average molecular weight is 190 g/mol. The molecular formula is C12H18N2. The van der Waals surface area contributed by atoms with Crippen molar-refractivity contribution in [2.75, 3.05) is 26.7 Å². The van der Waals surface area contributed by atoms with Crippen molar-refractivity contribution in [3.8, 4) is 0 Å². The van der Waals surface area contributed by atoms with Crippen molar-refractivity contribution in [2.24, 2.45) is 0 Å². The molecule has 1 aliphatic rings. The van der Waals surface area contributed by atoms with Crippen LogP contribution in [0.4, 0.5) is 0 Å². The molecule has 1 aliphatic heterocycles. The van der Waals surface area contributed by atoms with E-state index in [0.717, 1.165) is 13.1 Å². The summed E-state index contributed by atoms with van der Waals surface area (Å²) in [4.78, 5) is 2.40. The lowest BCUT2D eigenvalue weighted by Gasteiger charge is -2.20. The quantitative estimate of drug-likeness (QED) is 0.724. The molecular weight excluding hydrogens is 172 g/mol. The van der Waals surface area contributed by atoms with Crippen LogP contribution in [0.15, 0.2) is 30.3 Å². The van der Waals surface area contributed by atoms with E-state index in [-0.39, 0.29) is 0 Å². The van der Waals surface area contributed by atoms with Crippen LogP contribution in [0, 0.1) is 0 Å². The normalized spacial score (nSPS) is 24.5. The Kier molecular flexibility index (Phi) is 3.17. The van der Waals surface area contributed by atoms with Crippen LogP contribution in [-0.2, 0) is 0 Å². The summed E-state index contributed by atoms with van der Waals surface area (Å²) >= 11 is 0. The summed E-state index contributed by atoms with van der Waals surface area (Å²) in [5.74, 6) is 0. The molecule has 2 heteroatoms. The van der Waals surface area contributed by atoms with Gasteiger partial charge in [0.25, 0.3) is 0 Å². The molecule has 0 saturated carbocycles. The van der Waals surface area contributed by atoms with Crippen molar-refractivity contribution in [3.63, 3.8) is 0 Å². The van der Waals surface area contributed by atoms with E-state index in [0.29, 0.717) is 6.04 Å². The zero-order valence-corrected chi connectivity index (χ0v) is 8.74. The molecule has 1 heterocycles. The highest BCUT2D eigenvalue weighted by Crippen LogP contribution is 2.15. The first-order valence-corrected chi connectivity index (χ1v) is 5.33. The van der Waals surface area contributed by atoms with Crippen LogP contribution >= 0.6 is 0 Å². The summed E-state index contributed by atoms with van der Waals surface area (Å²) in [6.45, 7) is 3.45. The van der Waals surface area contributed by atoms with Gasteiger partial charge in [-0.25, -0.2) is 0 Å². The highest BCUT2D eigenvalue weighted by molar-refractivity contribution is 5.19. The van der Waals surface area contributed by atoms with Crippen molar-refractivity contribution < 1.29 is 0 Å². The van der Waals surface area contributed by atoms with Gasteiger partial charge in [-0.3, -0.25) is 0 Å². The van der Waals surface area contributed by atoms with Crippen molar-refractivity contribution in [1.29, 1.82) is 0 Å². The van der Waals surface area contributed by atoms with E-state index in [1.165, 1.54) is 18.5 Å². The highest BCUT2D eigenvalue weighted by atomic mass is 15.1. The molecule has 1 saturated heterocycles. The minimum atomic E-state index is 0.503. The summed E-state index contributed by atoms with van der Waals surface area (Å²) in [6.07, 6.45) is 1.25. The van der Waals surface area contributed by atoms with Crippen LogP contribution in [0.3, 0.4) is 0 Å². The lowest BCUT2D eigenvalue weighted by Crippen LogP contribution is -2.28. The third-order valence-electron chi connectivity index (χ3n) is 2.80. The Morgan fingerprint density at radius 1 is 1.29 bits per heavy atom. The lowest BCUT2D eigenvalue weighted by molar-refractivity contribution is 0.326. The smallest absolute Gasteiger partial charge is 0.0449 e. The molecule has 0 aliphatic carbocycles. The van der Waals surface area contributed by atoms with Crippen LogP contribution < -0.4 is 5.32 Å². The molecule has 14 heavy (non-hydrogen) atoms. The van der Waals surface area contributed by atoms with Gasteiger partial charge < -0.3 is 10.2 Å². The first-order chi connectivity index (χ1) is 6.86. The SMILES string of the molecule is CN1CCCN[C@@H](c2ccccc2)C1. The molecule has 1 N–H and O–H groups in total. The highest BCUT2D eigenvalue weighted by Gasteiger charge is 2.15. The van der Waals surface area contributed by atoms with Gasteiger partial charge in [0.05, 0.1) is 0 Å². The molecule has 0 radical (unpaired) electrons. The van der Waals surface area contributed by atoms with Crippen LogP contribution in [0.25, 0.3) is 0 Å². The average Bonchev–Trinajstić information content (AvgIpc) is 2.44. The Morgan fingerprint density at radius 2 is 2.07 bits per heavy atom. The van der Waals surface area contributed by atoms with Gasteiger partial charge in [-0.1, -0.05) is 30.3 Å². The molecule has 0 aromatic heterocycles. The standard InChI is InChI=1S/C12H18N2/c1-14-9-5-8-13-12(10-14)11-6-3-2-4-7-11/h2-4,6-7,12-13H,5,8-10H2,1H3/t12-/m1/s1. The van der Waals surface area contributed by atoms with E-state index >= 15 is 0 Å². The predicted octanol–water partition coefficient (Wildman–Crippen LogP) is 1.65. The zero-order valence-electron chi connectivity index (χ0n) is 8.74. The van der Waals surface area contributed by atoms with Gasteiger partial charge in [0.2, 0.25) is 0 Å². The minimum Gasteiger partial charge on any atom is -0.309 e. The van der Waals surface area contributed by atoms with Gasteiger partial charge in [0.1, 0.15) is 0 Å². The number of hydrogen-bond donors (Lipinski definition) is 1. The molecule has 2 nitrogen and oxygen atoms in total. The Bertz CT molecular complexity index is 271. The summed E-state index contributed by atoms with van der Waals surface area (Å²) in [5, 5.41) is 3.59. The second-order valence-corrected chi connectivity index (χ2v) is 4.03. The summed E-state index contributed by atoms with van der Waals surface area (Å²) < 4.78 is 0. The maximum absolute atomic E-state index is 3.59. The first-order valence-electron chi connectivity index (χ1n) is 5.33. The van der Waals surface area contributed by atoms with E-state index in [1.54, 1.807) is 0 Å². The minimum absolute atomic E-state index is 0.503. The molecule has 0 spiro atoms. The van der Waals surface area contributed by atoms with E-state index in [4.69, 9.17) is 0 Å². The maximum Gasteiger partial charge on any atom is 0.0449 e. The molecule has 0 unspecified atom stereocenters. The molecule has 1 fully saturated rings. The van der Waals surface area contributed by atoms with Crippen molar-refractivity contribution >= 4 is 0 Å². The van der Waals surface area contributed by atoms with E-state index in [9.17, 15) is 0 Å². The molecule has 0 bridgehead atoms. The van der Waals surface area contributed by atoms with Crippen molar-refractivity contribution in [1.82, 2.24) is 10.2 Å². The number of nitrogens with zero attached hydrogens (tertiary/aromatic N) is 1. The zero-order chi connectivity index (χ0) is 9.80. The lowest BCUT2D eigenvalue weighted by atomic mass is 10.1. The molecule has 0 amide bonds. The Labute approximate surface area is 85.9 Å². The number of rotatable bonds is 1. The van der Waals surface area contributed by atoms with Crippen LogP contribution in [0.2, 0.25) is 0 Å². The number of nitrogens with one attached hydrogen (secondary N) is 1. The fraction of sp³-hybridized carbons (Fsp3) is 0.500.